The molecule has 0 aliphatic heterocycles. The topological polar surface area (TPSA) is 73.3 Å². The molecule has 0 bridgehead atoms. The van der Waals surface area contributed by atoms with E-state index in [1.54, 1.807) is 24.3 Å². The molecule has 1 aromatic heterocycles. The van der Waals surface area contributed by atoms with Crippen LogP contribution in [0.5, 0.6) is 17.5 Å². The van der Waals surface area contributed by atoms with Crippen LogP contribution >= 0.6 is 0 Å². The first kappa shape index (κ1) is 19.4. The molecule has 1 heterocycles. The van der Waals surface area contributed by atoms with Gasteiger partial charge in [0.1, 0.15) is 11.5 Å². The first-order chi connectivity index (χ1) is 13.5. The van der Waals surface area contributed by atoms with E-state index in [1.807, 2.05) is 51.1 Å². The molecule has 0 saturated carbocycles. The van der Waals surface area contributed by atoms with E-state index in [1.165, 1.54) is 5.56 Å². The average Bonchev–Trinajstić information content (AvgIpc) is 2.64. The van der Waals surface area contributed by atoms with Crippen molar-refractivity contribution >= 4 is 11.6 Å². The van der Waals surface area contributed by atoms with Crippen LogP contribution in [-0.4, -0.2) is 22.5 Å². The Balaban J connectivity index is 1.48. The molecular formula is C22H23N3O3. The van der Waals surface area contributed by atoms with Crippen molar-refractivity contribution in [3.05, 3.63) is 71.5 Å². The Morgan fingerprint density at radius 2 is 1.50 bits per heavy atom. The maximum atomic E-state index is 12.1. The number of hydrogen-bond acceptors (Lipinski definition) is 5. The molecule has 1 N–H and O–H groups in total. The van der Waals surface area contributed by atoms with E-state index in [2.05, 4.69) is 15.3 Å². The normalized spacial score (nSPS) is 10.4. The molecule has 0 saturated heterocycles. The Hall–Kier alpha value is -3.41. The summed E-state index contributed by atoms with van der Waals surface area (Å²) in [6.45, 7) is 6.12. The minimum atomic E-state index is -0.113. The molecule has 3 rings (SSSR count). The first-order valence-electron chi connectivity index (χ1n) is 9.07. The molecule has 0 aliphatic rings. The first-order valence-corrected chi connectivity index (χ1v) is 9.07. The highest BCUT2D eigenvalue weighted by Gasteiger charge is 2.06. The fourth-order valence-electron chi connectivity index (χ4n) is 2.57. The van der Waals surface area contributed by atoms with E-state index in [-0.39, 0.29) is 12.3 Å². The smallest absolute Gasteiger partial charge is 0.322 e. The number of rotatable bonds is 7. The Kier molecular flexibility index (Phi) is 6.22. The number of benzene rings is 2. The number of hydrogen-bond donors (Lipinski definition) is 1. The summed E-state index contributed by atoms with van der Waals surface area (Å²) in [5.74, 6) is 1.25. The van der Waals surface area contributed by atoms with Gasteiger partial charge in [0.15, 0.2) is 0 Å². The summed E-state index contributed by atoms with van der Waals surface area (Å²) in [5.41, 5.74) is 3.55. The molecule has 28 heavy (non-hydrogen) atoms. The zero-order chi connectivity index (χ0) is 19.9. The summed E-state index contributed by atoms with van der Waals surface area (Å²) in [7, 11) is 0. The van der Waals surface area contributed by atoms with Gasteiger partial charge in [-0.3, -0.25) is 4.79 Å². The highest BCUT2D eigenvalue weighted by atomic mass is 16.5. The third-order valence-corrected chi connectivity index (χ3v) is 3.93. The van der Waals surface area contributed by atoms with Gasteiger partial charge in [0, 0.05) is 17.1 Å². The van der Waals surface area contributed by atoms with Gasteiger partial charge >= 0.3 is 6.01 Å². The van der Waals surface area contributed by atoms with Gasteiger partial charge in [-0.25, -0.2) is 9.97 Å². The molecule has 6 heteroatoms. The summed E-state index contributed by atoms with van der Waals surface area (Å²) in [6.07, 6.45) is 0.266. The third kappa shape index (κ3) is 5.81. The number of aromatic nitrogens is 2. The lowest BCUT2D eigenvalue weighted by Gasteiger charge is -2.09. The van der Waals surface area contributed by atoms with Gasteiger partial charge in [0.25, 0.3) is 0 Å². The second-order valence-electron chi connectivity index (χ2n) is 6.52. The molecule has 0 atom stereocenters. The van der Waals surface area contributed by atoms with Crippen molar-refractivity contribution in [3.8, 4) is 17.5 Å². The van der Waals surface area contributed by atoms with Gasteiger partial charge in [-0.2, -0.15) is 0 Å². The van der Waals surface area contributed by atoms with E-state index in [0.717, 1.165) is 17.1 Å². The second kappa shape index (κ2) is 8.99. The lowest BCUT2D eigenvalue weighted by molar-refractivity contribution is -0.116. The predicted molar refractivity (Wildman–Crippen MR) is 108 cm³/mol. The van der Waals surface area contributed by atoms with Crippen LogP contribution < -0.4 is 14.8 Å². The molecule has 0 fully saturated rings. The summed E-state index contributed by atoms with van der Waals surface area (Å²) in [4.78, 5) is 20.6. The summed E-state index contributed by atoms with van der Waals surface area (Å²) < 4.78 is 11.2. The Morgan fingerprint density at radius 3 is 2.14 bits per heavy atom. The maximum Gasteiger partial charge on any atom is 0.322 e. The molecule has 6 nitrogen and oxygen atoms in total. The van der Waals surface area contributed by atoms with Crippen LogP contribution in [0.4, 0.5) is 5.69 Å². The van der Waals surface area contributed by atoms with Gasteiger partial charge in [0.2, 0.25) is 5.91 Å². The number of carbonyl (C=O) groups is 1. The summed E-state index contributed by atoms with van der Waals surface area (Å²) >= 11 is 0. The minimum Gasteiger partial charge on any atom is -0.493 e. The average molecular weight is 377 g/mol. The molecule has 0 radical (unpaired) electrons. The van der Waals surface area contributed by atoms with Crippen molar-refractivity contribution in [2.24, 2.45) is 0 Å². The predicted octanol–water partition coefficient (Wildman–Crippen LogP) is 4.60. The molecular weight excluding hydrogens is 354 g/mol. The number of amides is 1. The lowest BCUT2D eigenvalue weighted by Crippen LogP contribution is -2.15. The van der Waals surface area contributed by atoms with Crippen LogP contribution in [0.3, 0.4) is 0 Å². The third-order valence-electron chi connectivity index (χ3n) is 3.93. The van der Waals surface area contributed by atoms with Crippen molar-refractivity contribution in [1.82, 2.24) is 9.97 Å². The van der Waals surface area contributed by atoms with E-state index in [9.17, 15) is 4.79 Å². The molecule has 0 unspecified atom stereocenters. The van der Waals surface area contributed by atoms with Crippen molar-refractivity contribution in [3.63, 3.8) is 0 Å². The van der Waals surface area contributed by atoms with Crippen molar-refractivity contribution in [1.29, 1.82) is 0 Å². The standard InChI is InChI=1S/C22H23N3O3/c1-15-4-8-19(9-5-15)27-13-12-21(26)25-18-6-10-20(11-7-18)28-22-23-16(2)14-17(3)24-22/h4-11,14H,12-13H2,1-3H3,(H,25,26). The SMILES string of the molecule is Cc1ccc(OCCC(=O)Nc2ccc(Oc3nc(C)cc(C)n3)cc2)cc1. The van der Waals surface area contributed by atoms with Crippen molar-refractivity contribution in [2.45, 2.75) is 27.2 Å². The van der Waals surface area contributed by atoms with Crippen molar-refractivity contribution < 1.29 is 14.3 Å². The van der Waals surface area contributed by atoms with Gasteiger partial charge in [-0.1, -0.05) is 17.7 Å². The monoisotopic (exact) mass is 377 g/mol. The van der Waals surface area contributed by atoms with Gasteiger partial charge in [-0.05, 0) is 63.2 Å². The number of aryl methyl sites for hydroxylation is 3. The molecule has 0 spiro atoms. The summed E-state index contributed by atoms with van der Waals surface area (Å²) in [6, 6.07) is 17.0. The maximum absolute atomic E-state index is 12.1. The van der Waals surface area contributed by atoms with Crippen LogP contribution in [0, 0.1) is 20.8 Å². The number of carbonyl (C=O) groups excluding carboxylic acids is 1. The Labute approximate surface area is 164 Å². The van der Waals surface area contributed by atoms with Crippen LogP contribution in [0.15, 0.2) is 54.6 Å². The van der Waals surface area contributed by atoms with Crippen LogP contribution in [0.1, 0.15) is 23.4 Å². The number of ether oxygens (including phenoxy) is 2. The zero-order valence-corrected chi connectivity index (χ0v) is 16.2. The highest BCUT2D eigenvalue weighted by molar-refractivity contribution is 5.90. The molecule has 144 valence electrons. The zero-order valence-electron chi connectivity index (χ0n) is 16.2. The minimum absolute atomic E-state index is 0.113. The van der Waals surface area contributed by atoms with Crippen molar-refractivity contribution in [2.75, 3.05) is 11.9 Å². The Bertz CT molecular complexity index is 918. The van der Waals surface area contributed by atoms with E-state index in [4.69, 9.17) is 9.47 Å². The number of nitrogens with one attached hydrogen (secondary N) is 1. The highest BCUT2D eigenvalue weighted by Crippen LogP contribution is 2.21. The van der Waals surface area contributed by atoms with Gasteiger partial charge in [0.05, 0.1) is 13.0 Å². The largest absolute Gasteiger partial charge is 0.493 e. The fraction of sp³-hybridized carbons (Fsp3) is 0.227. The molecule has 1 amide bonds. The van der Waals surface area contributed by atoms with E-state index >= 15 is 0 Å². The number of nitrogens with zero attached hydrogens (tertiary/aromatic N) is 2. The second-order valence-corrected chi connectivity index (χ2v) is 6.52. The molecule has 2 aromatic carbocycles. The van der Waals surface area contributed by atoms with Crippen LogP contribution in [-0.2, 0) is 4.79 Å². The van der Waals surface area contributed by atoms with Gasteiger partial charge < -0.3 is 14.8 Å². The lowest BCUT2D eigenvalue weighted by atomic mass is 10.2. The van der Waals surface area contributed by atoms with Gasteiger partial charge in [-0.15, -0.1) is 0 Å². The van der Waals surface area contributed by atoms with Crippen LogP contribution in [0.2, 0.25) is 0 Å². The number of anilines is 1. The quantitative estimate of drug-likeness (QED) is 0.651. The van der Waals surface area contributed by atoms with E-state index in [0.29, 0.717) is 24.1 Å². The Morgan fingerprint density at radius 1 is 0.893 bits per heavy atom. The summed E-state index contributed by atoms with van der Waals surface area (Å²) in [5, 5.41) is 2.84. The fourth-order valence-corrected chi connectivity index (χ4v) is 2.57. The van der Waals surface area contributed by atoms with E-state index < -0.39 is 0 Å². The molecule has 3 aromatic rings. The molecule has 0 aliphatic carbocycles. The van der Waals surface area contributed by atoms with Crippen LogP contribution in [0.25, 0.3) is 0 Å².